The van der Waals surface area contributed by atoms with E-state index in [4.69, 9.17) is 4.74 Å². The summed E-state index contributed by atoms with van der Waals surface area (Å²) in [6, 6.07) is 13.7. The molecule has 1 aliphatic rings. The van der Waals surface area contributed by atoms with Gasteiger partial charge in [0.1, 0.15) is 5.75 Å². The number of carbonyl (C=O) groups is 1. The molecule has 0 unspecified atom stereocenters. The number of nitrogens with one attached hydrogen (secondary N) is 1. The van der Waals surface area contributed by atoms with E-state index in [0.29, 0.717) is 12.6 Å². The molecular formula is C20H22N4O2. The first kappa shape index (κ1) is 16.4. The number of carbonyl (C=O) groups excluding carboxylic acids is 1. The number of hydrogen-bond donors (Lipinski definition) is 1. The summed E-state index contributed by atoms with van der Waals surface area (Å²) >= 11 is 0. The van der Waals surface area contributed by atoms with Crippen molar-refractivity contribution in [3.63, 3.8) is 0 Å². The summed E-state index contributed by atoms with van der Waals surface area (Å²) in [5, 5.41) is 7.23. The van der Waals surface area contributed by atoms with Crippen molar-refractivity contribution in [2.75, 3.05) is 12.4 Å². The predicted octanol–water partition coefficient (Wildman–Crippen LogP) is 3.93. The first-order valence-electron chi connectivity index (χ1n) is 8.87. The van der Waals surface area contributed by atoms with Crippen LogP contribution in [0.4, 0.5) is 10.5 Å². The van der Waals surface area contributed by atoms with Crippen molar-refractivity contribution in [2.45, 2.75) is 31.8 Å². The van der Waals surface area contributed by atoms with E-state index in [0.717, 1.165) is 35.4 Å². The summed E-state index contributed by atoms with van der Waals surface area (Å²) in [5.41, 5.74) is 2.91. The highest BCUT2D eigenvalue weighted by Gasteiger charge is 2.29. The van der Waals surface area contributed by atoms with Gasteiger partial charge in [-0.2, -0.15) is 5.10 Å². The minimum absolute atomic E-state index is 0.0618. The van der Waals surface area contributed by atoms with Crippen molar-refractivity contribution < 1.29 is 9.53 Å². The molecule has 1 fully saturated rings. The minimum atomic E-state index is -0.0618. The van der Waals surface area contributed by atoms with Crippen LogP contribution >= 0.6 is 0 Å². The summed E-state index contributed by atoms with van der Waals surface area (Å²) in [5.74, 6) is 0.771. The molecule has 1 N–H and O–H groups in total. The Bertz CT molecular complexity index is 900. The van der Waals surface area contributed by atoms with Crippen LogP contribution in [0, 0.1) is 0 Å². The number of pyridine rings is 1. The Balaban J connectivity index is 1.50. The van der Waals surface area contributed by atoms with Gasteiger partial charge in [0.25, 0.3) is 0 Å². The molecule has 2 heterocycles. The number of benzene rings is 1. The molecule has 0 radical (unpaired) electrons. The normalized spacial score (nSPS) is 14.0. The first-order valence-corrected chi connectivity index (χ1v) is 8.87. The lowest BCUT2D eigenvalue weighted by molar-refractivity contribution is 0.143. The van der Waals surface area contributed by atoms with Crippen LogP contribution in [0.25, 0.3) is 5.52 Å². The Kier molecular flexibility index (Phi) is 4.48. The van der Waals surface area contributed by atoms with Gasteiger partial charge in [-0.1, -0.05) is 0 Å². The predicted molar refractivity (Wildman–Crippen MR) is 100 cm³/mol. The van der Waals surface area contributed by atoms with Crippen LogP contribution in [-0.4, -0.2) is 33.7 Å². The fraction of sp³-hybridized carbons (Fsp3) is 0.300. The van der Waals surface area contributed by atoms with E-state index in [1.54, 1.807) is 13.3 Å². The van der Waals surface area contributed by atoms with Crippen molar-refractivity contribution in [2.24, 2.45) is 0 Å². The molecule has 2 aromatic heterocycles. The number of urea groups is 1. The van der Waals surface area contributed by atoms with Crippen LogP contribution in [0.1, 0.15) is 24.8 Å². The number of ether oxygens (including phenoxy) is 1. The maximum atomic E-state index is 12.9. The summed E-state index contributed by atoms with van der Waals surface area (Å²) in [4.78, 5) is 14.8. The molecule has 3 aromatic rings. The van der Waals surface area contributed by atoms with Gasteiger partial charge in [0.05, 0.1) is 12.6 Å². The van der Waals surface area contributed by atoms with Gasteiger partial charge in [-0.3, -0.25) is 0 Å². The van der Waals surface area contributed by atoms with E-state index in [9.17, 15) is 4.79 Å². The van der Waals surface area contributed by atoms with Gasteiger partial charge in [-0.15, -0.1) is 0 Å². The molecule has 1 saturated carbocycles. The smallest absolute Gasteiger partial charge is 0.322 e. The van der Waals surface area contributed by atoms with Gasteiger partial charge < -0.3 is 15.0 Å². The summed E-state index contributed by atoms with van der Waals surface area (Å²) in [6.07, 6.45) is 7.01. The summed E-state index contributed by atoms with van der Waals surface area (Å²) < 4.78 is 6.99. The van der Waals surface area contributed by atoms with E-state index in [1.807, 2.05) is 52.0 Å². The number of aromatic nitrogens is 2. The van der Waals surface area contributed by atoms with Gasteiger partial charge in [0.15, 0.2) is 0 Å². The Morgan fingerprint density at radius 1 is 1.27 bits per heavy atom. The molecule has 0 aliphatic heterocycles. The van der Waals surface area contributed by atoms with Crippen LogP contribution < -0.4 is 10.1 Å². The van der Waals surface area contributed by atoms with Crippen LogP contribution in [0.5, 0.6) is 5.75 Å². The van der Waals surface area contributed by atoms with Crippen molar-refractivity contribution in [3.8, 4) is 5.75 Å². The highest BCUT2D eigenvalue weighted by Crippen LogP contribution is 2.27. The highest BCUT2D eigenvalue weighted by atomic mass is 16.5. The third kappa shape index (κ3) is 3.35. The molecule has 2 amide bonds. The maximum Gasteiger partial charge on any atom is 0.322 e. The SMILES string of the molecule is COc1ccc(NC(=O)N(Cc2ccn3nccc3c2)C2CCC2)cc1. The molecule has 26 heavy (non-hydrogen) atoms. The van der Waals surface area contributed by atoms with Crippen molar-refractivity contribution in [1.82, 2.24) is 14.5 Å². The van der Waals surface area contributed by atoms with E-state index in [-0.39, 0.29) is 6.03 Å². The first-order chi connectivity index (χ1) is 12.7. The van der Waals surface area contributed by atoms with Crippen LogP contribution in [0.2, 0.25) is 0 Å². The number of methoxy groups -OCH3 is 1. The Morgan fingerprint density at radius 3 is 2.77 bits per heavy atom. The van der Waals surface area contributed by atoms with Crippen LogP contribution in [-0.2, 0) is 6.54 Å². The fourth-order valence-corrected chi connectivity index (χ4v) is 3.20. The standard InChI is InChI=1S/C20H22N4O2/c1-26-19-7-5-16(6-8-19)22-20(25)23(17-3-2-4-17)14-15-10-12-24-18(13-15)9-11-21-24/h5-13,17H,2-4,14H2,1H3,(H,22,25). The fourth-order valence-electron chi connectivity index (χ4n) is 3.20. The van der Waals surface area contributed by atoms with Crippen molar-refractivity contribution in [3.05, 3.63) is 60.4 Å². The zero-order valence-corrected chi connectivity index (χ0v) is 14.8. The molecule has 0 bridgehead atoms. The number of anilines is 1. The number of amides is 2. The van der Waals surface area contributed by atoms with Gasteiger partial charge in [0.2, 0.25) is 0 Å². The lowest BCUT2D eigenvalue weighted by atomic mass is 9.91. The average molecular weight is 350 g/mol. The second-order valence-electron chi connectivity index (χ2n) is 6.61. The number of hydrogen-bond acceptors (Lipinski definition) is 3. The van der Waals surface area contributed by atoms with E-state index < -0.39 is 0 Å². The Morgan fingerprint density at radius 2 is 2.08 bits per heavy atom. The van der Waals surface area contributed by atoms with Crippen molar-refractivity contribution in [1.29, 1.82) is 0 Å². The van der Waals surface area contributed by atoms with Crippen LogP contribution in [0.15, 0.2) is 54.9 Å². The summed E-state index contributed by atoms with van der Waals surface area (Å²) in [7, 11) is 1.63. The Labute approximate surface area is 152 Å². The van der Waals surface area contributed by atoms with Gasteiger partial charge >= 0.3 is 6.03 Å². The molecular weight excluding hydrogens is 328 g/mol. The van der Waals surface area contributed by atoms with Crippen molar-refractivity contribution >= 4 is 17.2 Å². The molecule has 1 aromatic carbocycles. The molecule has 0 atom stereocenters. The van der Waals surface area contributed by atoms with Gasteiger partial charge in [-0.25, -0.2) is 9.31 Å². The zero-order valence-electron chi connectivity index (χ0n) is 14.8. The molecule has 1 aliphatic carbocycles. The van der Waals surface area contributed by atoms with Gasteiger partial charge in [-0.05, 0) is 67.3 Å². The third-order valence-corrected chi connectivity index (χ3v) is 4.93. The lowest BCUT2D eigenvalue weighted by Crippen LogP contribution is -2.45. The molecule has 6 nitrogen and oxygen atoms in total. The quantitative estimate of drug-likeness (QED) is 0.758. The monoisotopic (exact) mass is 350 g/mol. The number of nitrogens with zero attached hydrogens (tertiary/aromatic N) is 3. The molecule has 134 valence electrons. The molecule has 0 spiro atoms. The topological polar surface area (TPSA) is 58.9 Å². The summed E-state index contributed by atoms with van der Waals surface area (Å²) in [6.45, 7) is 0.592. The van der Waals surface area contributed by atoms with E-state index in [2.05, 4.69) is 16.5 Å². The molecule has 0 saturated heterocycles. The average Bonchev–Trinajstić information content (AvgIpc) is 3.08. The maximum absolute atomic E-state index is 12.9. The van der Waals surface area contributed by atoms with Crippen LogP contribution in [0.3, 0.4) is 0 Å². The van der Waals surface area contributed by atoms with E-state index >= 15 is 0 Å². The second-order valence-corrected chi connectivity index (χ2v) is 6.61. The third-order valence-electron chi connectivity index (χ3n) is 4.93. The van der Waals surface area contributed by atoms with Gasteiger partial charge in [0, 0.05) is 30.7 Å². The lowest BCUT2D eigenvalue weighted by Gasteiger charge is -2.37. The second kappa shape index (κ2) is 7.07. The minimum Gasteiger partial charge on any atom is -0.497 e. The number of rotatable bonds is 5. The highest BCUT2D eigenvalue weighted by molar-refractivity contribution is 5.89. The van der Waals surface area contributed by atoms with E-state index in [1.165, 1.54) is 6.42 Å². The number of fused-ring (bicyclic) bond motifs is 1. The zero-order chi connectivity index (χ0) is 17.9. The largest absolute Gasteiger partial charge is 0.497 e. The molecule has 4 rings (SSSR count). The molecule has 6 heteroatoms. The Hall–Kier alpha value is -3.02.